The van der Waals surface area contributed by atoms with Gasteiger partial charge in [0.15, 0.2) is 0 Å². The van der Waals surface area contributed by atoms with Crippen molar-refractivity contribution in [2.24, 2.45) is 5.73 Å². The number of nitrogens with two attached hydrogens (primary N) is 1. The van der Waals surface area contributed by atoms with Crippen molar-refractivity contribution in [2.75, 3.05) is 11.9 Å². The summed E-state index contributed by atoms with van der Waals surface area (Å²) in [6.45, 7) is 5.57. The quantitative estimate of drug-likeness (QED) is 0.678. The molecular formula is C20H25F3N4O2. The molecule has 0 fully saturated rings. The summed E-state index contributed by atoms with van der Waals surface area (Å²) >= 11 is 0. The molecule has 2 rings (SSSR count). The van der Waals surface area contributed by atoms with E-state index in [1.54, 1.807) is 13.0 Å². The Kier molecular flexibility index (Phi) is 6.84. The Morgan fingerprint density at radius 2 is 1.97 bits per heavy atom. The van der Waals surface area contributed by atoms with E-state index in [1.807, 2.05) is 0 Å². The van der Waals surface area contributed by atoms with Gasteiger partial charge in [0, 0.05) is 25.1 Å². The van der Waals surface area contributed by atoms with Crippen LogP contribution < -0.4 is 15.8 Å². The van der Waals surface area contributed by atoms with Crippen LogP contribution >= 0.6 is 0 Å². The maximum Gasteiger partial charge on any atom is 0.284 e. The molecule has 0 aliphatic rings. The first-order valence-corrected chi connectivity index (χ1v) is 9.00. The van der Waals surface area contributed by atoms with Crippen molar-refractivity contribution in [3.05, 3.63) is 36.2 Å². The molecule has 0 radical (unpaired) electrons. The van der Waals surface area contributed by atoms with Gasteiger partial charge in [-0.3, -0.25) is 4.79 Å². The molecule has 29 heavy (non-hydrogen) atoms. The molecular weight excluding hydrogens is 385 g/mol. The number of rotatable bonds is 8. The van der Waals surface area contributed by atoms with Gasteiger partial charge < -0.3 is 15.8 Å². The topological polar surface area (TPSA) is 90.1 Å². The van der Waals surface area contributed by atoms with Crippen LogP contribution in [0, 0.1) is 0 Å². The Hall–Kier alpha value is -2.68. The lowest BCUT2D eigenvalue weighted by Gasteiger charge is -2.30. The van der Waals surface area contributed by atoms with E-state index >= 15 is 0 Å². The van der Waals surface area contributed by atoms with E-state index in [1.165, 1.54) is 45.2 Å². The zero-order valence-electron chi connectivity index (χ0n) is 16.8. The average Bonchev–Trinajstić information content (AvgIpc) is 2.57. The van der Waals surface area contributed by atoms with Gasteiger partial charge in [0.05, 0.1) is 11.2 Å². The van der Waals surface area contributed by atoms with Gasteiger partial charge in [0.25, 0.3) is 6.43 Å². The predicted octanol–water partition coefficient (Wildman–Crippen LogP) is 4.27. The Morgan fingerprint density at radius 1 is 1.28 bits per heavy atom. The largest absolute Gasteiger partial charge is 0.490 e. The highest BCUT2D eigenvalue weighted by Crippen LogP contribution is 2.32. The van der Waals surface area contributed by atoms with Crippen LogP contribution in [0.1, 0.15) is 46.2 Å². The molecule has 0 aromatic carbocycles. The van der Waals surface area contributed by atoms with Crippen LogP contribution in [-0.4, -0.2) is 33.7 Å². The third-order valence-corrected chi connectivity index (χ3v) is 3.83. The lowest BCUT2D eigenvalue weighted by Crippen LogP contribution is -2.46. The van der Waals surface area contributed by atoms with E-state index in [2.05, 4.69) is 15.3 Å². The number of nitrogens with zero attached hydrogens (tertiary/aromatic N) is 2. The van der Waals surface area contributed by atoms with Crippen LogP contribution in [0.4, 0.5) is 19.0 Å². The van der Waals surface area contributed by atoms with E-state index in [0.717, 1.165) is 0 Å². The van der Waals surface area contributed by atoms with Gasteiger partial charge in [0.2, 0.25) is 5.91 Å². The summed E-state index contributed by atoms with van der Waals surface area (Å²) in [5.74, 6) is -0.141. The molecule has 0 unspecified atom stereocenters. The average molecular weight is 410 g/mol. The maximum atomic E-state index is 13.9. The standard InChI is InChI=1S/C20H25F3N4O2/c1-12(28)26-16-9-13(7-8-25-16)14-5-6-15(17(27-14)18(21)22)29-11-20(4,24)10-19(2,3)23/h5-9,18H,10-11,24H2,1-4H3,(H,25,26,28)/t20-/m0/s1. The van der Waals surface area contributed by atoms with Crippen LogP contribution in [0.5, 0.6) is 5.75 Å². The van der Waals surface area contributed by atoms with E-state index in [0.29, 0.717) is 5.56 Å². The van der Waals surface area contributed by atoms with Crippen molar-refractivity contribution < 1.29 is 22.7 Å². The van der Waals surface area contributed by atoms with E-state index in [4.69, 9.17) is 10.5 Å². The summed E-state index contributed by atoms with van der Waals surface area (Å²) in [5, 5.41) is 2.52. The highest BCUT2D eigenvalue weighted by atomic mass is 19.3. The number of ether oxygens (including phenoxy) is 1. The lowest BCUT2D eigenvalue weighted by atomic mass is 9.91. The number of aromatic nitrogens is 2. The Bertz CT molecular complexity index is 867. The molecule has 1 amide bonds. The molecule has 0 aliphatic heterocycles. The van der Waals surface area contributed by atoms with Gasteiger partial charge in [0.1, 0.15) is 29.5 Å². The number of pyridine rings is 2. The van der Waals surface area contributed by atoms with Crippen LogP contribution in [0.2, 0.25) is 0 Å². The Labute approximate surface area is 167 Å². The zero-order valence-corrected chi connectivity index (χ0v) is 16.8. The summed E-state index contributed by atoms with van der Waals surface area (Å²) in [5.41, 5.74) is 3.69. The third-order valence-electron chi connectivity index (χ3n) is 3.83. The van der Waals surface area contributed by atoms with E-state index in [9.17, 15) is 18.0 Å². The zero-order chi connectivity index (χ0) is 21.8. The van der Waals surface area contributed by atoms with Gasteiger partial charge in [-0.1, -0.05) is 0 Å². The van der Waals surface area contributed by atoms with Gasteiger partial charge in [-0.05, 0) is 45.0 Å². The lowest BCUT2D eigenvalue weighted by molar-refractivity contribution is -0.114. The summed E-state index contributed by atoms with van der Waals surface area (Å²) in [7, 11) is 0. The molecule has 2 aromatic rings. The molecule has 0 spiro atoms. The number of hydrogen-bond acceptors (Lipinski definition) is 5. The SMILES string of the molecule is CC(=O)Nc1cc(-c2ccc(OC[C@@](C)(N)CC(C)(C)F)c(C(F)F)n2)ccn1. The number of hydrogen-bond donors (Lipinski definition) is 2. The molecule has 0 bridgehead atoms. The van der Waals surface area contributed by atoms with Crippen molar-refractivity contribution in [1.29, 1.82) is 0 Å². The molecule has 0 aliphatic carbocycles. The highest BCUT2D eigenvalue weighted by molar-refractivity contribution is 5.88. The molecule has 6 nitrogen and oxygen atoms in total. The van der Waals surface area contributed by atoms with Crippen LogP contribution in [-0.2, 0) is 4.79 Å². The fourth-order valence-corrected chi connectivity index (χ4v) is 2.99. The molecule has 2 heterocycles. The first kappa shape index (κ1) is 22.6. The minimum Gasteiger partial charge on any atom is -0.490 e. The van der Waals surface area contributed by atoms with Crippen molar-refractivity contribution in [1.82, 2.24) is 9.97 Å². The molecule has 158 valence electrons. The second-order valence-corrected chi connectivity index (χ2v) is 7.83. The van der Waals surface area contributed by atoms with Crippen LogP contribution in [0.15, 0.2) is 30.5 Å². The minimum atomic E-state index is -2.89. The van der Waals surface area contributed by atoms with Crippen LogP contribution in [0.25, 0.3) is 11.3 Å². The third kappa shape index (κ3) is 7.01. The van der Waals surface area contributed by atoms with Crippen molar-refractivity contribution in [3.8, 4) is 17.0 Å². The van der Waals surface area contributed by atoms with Gasteiger partial charge in [-0.2, -0.15) is 0 Å². The normalized spacial score (nSPS) is 13.8. The summed E-state index contributed by atoms with van der Waals surface area (Å²) in [6, 6.07) is 6.00. The number of nitrogens with one attached hydrogen (secondary N) is 1. The number of alkyl halides is 3. The van der Waals surface area contributed by atoms with Crippen molar-refractivity contribution >= 4 is 11.7 Å². The first-order valence-electron chi connectivity index (χ1n) is 9.00. The van der Waals surface area contributed by atoms with Crippen LogP contribution in [0.3, 0.4) is 0 Å². The maximum absolute atomic E-state index is 13.9. The van der Waals surface area contributed by atoms with Gasteiger partial charge >= 0.3 is 0 Å². The molecule has 3 N–H and O–H groups in total. The Morgan fingerprint density at radius 3 is 2.55 bits per heavy atom. The van der Waals surface area contributed by atoms with E-state index < -0.39 is 23.3 Å². The number of halogens is 3. The second kappa shape index (κ2) is 8.77. The monoisotopic (exact) mass is 410 g/mol. The number of anilines is 1. The Balaban J connectivity index is 2.26. The molecule has 0 saturated heterocycles. The number of carbonyl (C=O) groups excluding carboxylic acids is 1. The molecule has 2 aromatic heterocycles. The molecule has 1 atom stereocenters. The number of amides is 1. The van der Waals surface area contributed by atoms with Gasteiger partial charge in [-0.15, -0.1) is 0 Å². The molecule has 9 heteroatoms. The second-order valence-electron chi connectivity index (χ2n) is 7.83. The van der Waals surface area contributed by atoms with Crippen molar-refractivity contribution in [3.63, 3.8) is 0 Å². The fourth-order valence-electron chi connectivity index (χ4n) is 2.99. The predicted molar refractivity (Wildman–Crippen MR) is 105 cm³/mol. The summed E-state index contributed by atoms with van der Waals surface area (Å²) < 4.78 is 46.5. The van der Waals surface area contributed by atoms with E-state index in [-0.39, 0.29) is 36.2 Å². The minimum absolute atomic E-state index is 0.00152. The number of carbonyl (C=O) groups is 1. The summed E-state index contributed by atoms with van der Waals surface area (Å²) in [6.07, 6.45) is -1.45. The molecule has 0 saturated carbocycles. The smallest absolute Gasteiger partial charge is 0.284 e. The van der Waals surface area contributed by atoms with Crippen molar-refractivity contribution in [2.45, 2.75) is 51.7 Å². The first-order chi connectivity index (χ1) is 13.4. The summed E-state index contributed by atoms with van der Waals surface area (Å²) in [4.78, 5) is 19.2. The highest BCUT2D eigenvalue weighted by Gasteiger charge is 2.30. The van der Waals surface area contributed by atoms with Gasteiger partial charge in [-0.25, -0.2) is 23.1 Å². The fraction of sp³-hybridized carbons (Fsp3) is 0.450.